The van der Waals surface area contributed by atoms with Crippen LogP contribution in [0, 0.1) is 5.92 Å². The average Bonchev–Trinajstić information content (AvgIpc) is 2.15. The number of hydrogen-bond acceptors (Lipinski definition) is 3. The summed E-state index contributed by atoms with van der Waals surface area (Å²) < 4.78 is 10.7. The molecule has 0 aliphatic rings. The second-order valence-corrected chi connectivity index (χ2v) is 5.75. The van der Waals surface area contributed by atoms with Crippen LogP contribution in [0.25, 0.3) is 0 Å². The lowest BCUT2D eigenvalue weighted by Crippen LogP contribution is -2.47. The Morgan fingerprint density at radius 1 is 1.35 bits per heavy atom. The quantitative estimate of drug-likeness (QED) is 0.610. The SMILES string of the molecule is CC(C)C[C@H](NC(=O)NCCS(C)=O)C(=O)O. The predicted molar refractivity (Wildman–Crippen MR) is 66.3 cm³/mol. The van der Waals surface area contributed by atoms with Gasteiger partial charge in [0, 0.05) is 29.4 Å². The molecule has 3 N–H and O–H groups in total. The molecule has 0 aliphatic carbocycles. The molecule has 0 aromatic carbocycles. The van der Waals surface area contributed by atoms with Gasteiger partial charge in [0.05, 0.1) is 0 Å². The standard InChI is InChI=1S/C10H20N2O4S/c1-7(2)6-8(9(13)14)12-10(15)11-4-5-17(3)16/h7-8H,4-6H2,1-3H3,(H,13,14)(H2,11,12,15)/t8-,17?/m0/s1. The molecule has 6 nitrogen and oxygen atoms in total. The highest BCUT2D eigenvalue weighted by molar-refractivity contribution is 7.84. The van der Waals surface area contributed by atoms with Crippen molar-refractivity contribution in [3.8, 4) is 0 Å². The van der Waals surface area contributed by atoms with Gasteiger partial charge in [-0.3, -0.25) is 4.21 Å². The third kappa shape index (κ3) is 8.67. The van der Waals surface area contributed by atoms with Gasteiger partial charge in [0.25, 0.3) is 0 Å². The number of carbonyl (C=O) groups is 2. The van der Waals surface area contributed by atoms with E-state index in [0.717, 1.165) is 0 Å². The summed E-state index contributed by atoms with van der Waals surface area (Å²) in [5.74, 6) is -0.512. The number of aliphatic carboxylic acids is 1. The fraction of sp³-hybridized carbons (Fsp3) is 0.800. The fourth-order valence-electron chi connectivity index (χ4n) is 1.21. The van der Waals surface area contributed by atoms with Crippen molar-refractivity contribution in [3.63, 3.8) is 0 Å². The van der Waals surface area contributed by atoms with Gasteiger partial charge in [-0.1, -0.05) is 13.8 Å². The molecule has 7 heteroatoms. The van der Waals surface area contributed by atoms with Gasteiger partial charge in [0.1, 0.15) is 6.04 Å². The fourth-order valence-corrected chi connectivity index (χ4v) is 1.60. The molecule has 100 valence electrons. The van der Waals surface area contributed by atoms with Crippen LogP contribution in [0.4, 0.5) is 4.79 Å². The Bertz CT molecular complexity index is 294. The molecular weight excluding hydrogens is 244 g/mol. The Hall–Kier alpha value is -1.11. The molecule has 0 fully saturated rings. The van der Waals surface area contributed by atoms with Crippen molar-refractivity contribution >= 4 is 22.8 Å². The van der Waals surface area contributed by atoms with E-state index < -0.39 is 28.8 Å². The normalized spacial score (nSPS) is 14.1. The van der Waals surface area contributed by atoms with Crippen molar-refractivity contribution in [3.05, 3.63) is 0 Å². The minimum Gasteiger partial charge on any atom is -0.480 e. The van der Waals surface area contributed by atoms with Gasteiger partial charge >= 0.3 is 12.0 Å². The first kappa shape index (κ1) is 15.9. The molecule has 0 aliphatic heterocycles. The maximum Gasteiger partial charge on any atom is 0.326 e. The van der Waals surface area contributed by atoms with Crippen molar-refractivity contribution in [1.82, 2.24) is 10.6 Å². The van der Waals surface area contributed by atoms with Crippen LogP contribution < -0.4 is 10.6 Å². The van der Waals surface area contributed by atoms with Crippen LogP contribution >= 0.6 is 0 Å². The maximum atomic E-state index is 11.3. The Morgan fingerprint density at radius 2 is 1.94 bits per heavy atom. The summed E-state index contributed by atoms with van der Waals surface area (Å²) in [4.78, 5) is 22.2. The zero-order valence-corrected chi connectivity index (χ0v) is 11.2. The summed E-state index contributed by atoms with van der Waals surface area (Å²) in [6.45, 7) is 4.04. The highest BCUT2D eigenvalue weighted by Gasteiger charge is 2.20. The lowest BCUT2D eigenvalue weighted by atomic mass is 10.0. The molecule has 0 aromatic rings. The monoisotopic (exact) mass is 264 g/mol. The molecule has 0 radical (unpaired) electrons. The molecular formula is C10H20N2O4S. The topological polar surface area (TPSA) is 95.5 Å². The molecule has 0 heterocycles. The molecule has 1 unspecified atom stereocenters. The lowest BCUT2D eigenvalue weighted by Gasteiger charge is -2.16. The lowest BCUT2D eigenvalue weighted by molar-refractivity contribution is -0.139. The molecule has 0 rings (SSSR count). The molecule has 2 amide bonds. The van der Waals surface area contributed by atoms with Gasteiger partial charge in [-0.05, 0) is 12.3 Å². The minimum atomic E-state index is -1.05. The molecule has 0 bridgehead atoms. The van der Waals surface area contributed by atoms with Crippen LogP contribution in [0.3, 0.4) is 0 Å². The van der Waals surface area contributed by atoms with Gasteiger partial charge in [-0.15, -0.1) is 0 Å². The van der Waals surface area contributed by atoms with Crippen LogP contribution in [-0.2, 0) is 15.6 Å². The van der Waals surface area contributed by atoms with E-state index in [1.54, 1.807) is 6.26 Å². The minimum absolute atomic E-state index is 0.180. The Morgan fingerprint density at radius 3 is 2.35 bits per heavy atom. The van der Waals surface area contributed by atoms with Crippen LogP contribution in [0.2, 0.25) is 0 Å². The van der Waals surface area contributed by atoms with Crippen molar-refractivity contribution in [2.45, 2.75) is 26.3 Å². The molecule has 0 saturated carbocycles. The van der Waals surface area contributed by atoms with Crippen molar-refractivity contribution < 1.29 is 18.9 Å². The summed E-state index contributed by atoms with van der Waals surface area (Å²) in [6, 6.07) is -1.43. The second-order valence-electron chi connectivity index (χ2n) is 4.20. The summed E-state index contributed by atoms with van der Waals surface area (Å²) >= 11 is 0. The number of carbonyl (C=O) groups excluding carboxylic acids is 1. The van der Waals surface area contributed by atoms with Crippen LogP contribution in [0.15, 0.2) is 0 Å². The van der Waals surface area contributed by atoms with Gasteiger partial charge in [-0.2, -0.15) is 0 Å². The Labute approximate surface area is 104 Å². The van der Waals surface area contributed by atoms with E-state index in [2.05, 4.69) is 10.6 Å². The molecule has 0 saturated heterocycles. The summed E-state index contributed by atoms with van der Waals surface area (Å²) in [6.07, 6.45) is 1.92. The smallest absolute Gasteiger partial charge is 0.326 e. The highest BCUT2D eigenvalue weighted by Crippen LogP contribution is 2.04. The van der Waals surface area contributed by atoms with Crippen molar-refractivity contribution in [2.75, 3.05) is 18.6 Å². The van der Waals surface area contributed by atoms with E-state index >= 15 is 0 Å². The maximum absolute atomic E-state index is 11.3. The predicted octanol–water partition coefficient (Wildman–Crippen LogP) is 0.163. The third-order valence-electron chi connectivity index (χ3n) is 1.99. The van der Waals surface area contributed by atoms with E-state index in [9.17, 15) is 13.8 Å². The van der Waals surface area contributed by atoms with Crippen molar-refractivity contribution in [1.29, 1.82) is 0 Å². The van der Waals surface area contributed by atoms with E-state index in [-0.39, 0.29) is 12.5 Å². The van der Waals surface area contributed by atoms with Crippen LogP contribution in [-0.4, -0.2) is 45.9 Å². The van der Waals surface area contributed by atoms with Gasteiger partial charge in [0.2, 0.25) is 0 Å². The molecule has 0 aromatic heterocycles. The number of carboxylic acids is 1. The number of rotatable bonds is 7. The van der Waals surface area contributed by atoms with Crippen molar-refractivity contribution in [2.24, 2.45) is 5.92 Å². The summed E-state index contributed by atoms with van der Waals surface area (Å²) in [5.41, 5.74) is 0. The first-order chi connectivity index (χ1) is 7.82. The number of urea groups is 1. The third-order valence-corrected chi connectivity index (χ3v) is 2.76. The van der Waals surface area contributed by atoms with Gasteiger partial charge < -0.3 is 15.7 Å². The number of carboxylic acid groups (broad SMARTS) is 1. The zero-order valence-electron chi connectivity index (χ0n) is 10.4. The summed E-state index contributed by atoms with van der Waals surface area (Å²) in [7, 11) is -0.971. The molecule has 0 spiro atoms. The Balaban J connectivity index is 4.04. The second kappa shape index (κ2) is 8.05. The van der Waals surface area contributed by atoms with Crippen LogP contribution in [0.1, 0.15) is 20.3 Å². The summed E-state index contributed by atoms with van der Waals surface area (Å²) in [5, 5.41) is 13.7. The molecule has 17 heavy (non-hydrogen) atoms. The zero-order chi connectivity index (χ0) is 13.4. The largest absolute Gasteiger partial charge is 0.480 e. The molecule has 2 atom stereocenters. The number of nitrogens with one attached hydrogen (secondary N) is 2. The Kier molecular flexibility index (Phi) is 7.53. The van der Waals surface area contributed by atoms with E-state index in [1.807, 2.05) is 13.8 Å². The average molecular weight is 264 g/mol. The first-order valence-electron chi connectivity index (χ1n) is 5.40. The van der Waals surface area contributed by atoms with Crippen LogP contribution in [0.5, 0.6) is 0 Å². The van der Waals surface area contributed by atoms with Gasteiger partial charge in [-0.25, -0.2) is 9.59 Å². The highest BCUT2D eigenvalue weighted by atomic mass is 32.2. The van der Waals surface area contributed by atoms with E-state index in [1.165, 1.54) is 0 Å². The first-order valence-corrected chi connectivity index (χ1v) is 7.12. The van der Waals surface area contributed by atoms with E-state index in [4.69, 9.17) is 5.11 Å². The number of amides is 2. The van der Waals surface area contributed by atoms with Gasteiger partial charge in [0.15, 0.2) is 0 Å². The number of hydrogen-bond donors (Lipinski definition) is 3. The van der Waals surface area contributed by atoms with E-state index in [0.29, 0.717) is 12.2 Å².